The van der Waals surface area contributed by atoms with Crippen molar-refractivity contribution >= 4 is 5.69 Å². The minimum atomic E-state index is -0.383. The zero-order valence-electron chi connectivity index (χ0n) is 10.0. The highest BCUT2D eigenvalue weighted by molar-refractivity contribution is 5.49. The number of rotatable bonds is 4. The van der Waals surface area contributed by atoms with Gasteiger partial charge in [0, 0.05) is 25.2 Å². The molecule has 1 aromatic carbocycles. The molecule has 1 fully saturated rings. The normalized spacial score (nSPS) is 19.9. The Labute approximate surface area is 101 Å². The van der Waals surface area contributed by atoms with Crippen molar-refractivity contribution in [3.63, 3.8) is 0 Å². The minimum Gasteiger partial charge on any atom is -0.367 e. The average Bonchev–Trinajstić information content (AvgIpc) is 2.78. The Kier molecular flexibility index (Phi) is 3.94. The Hall–Kier alpha value is -1.16. The summed E-state index contributed by atoms with van der Waals surface area (Å²) in [6, 6.07) is 4.01. The second-order valence-electron chi connectivity index (χ2n) is 4.48. The number of benzene rings is 1. The third-order valence-corrected chi connectivity index (χ3v) is 3.12. The summed E-state index contributed by atoms with van der Waals surface area (Å²) in [4.78, 5) is 1.91. The lowest BCUT2D eigenvalue weighted by molar-refractivity contribution is 0.548. The first-order valence-corrected chi connectivity index (χ1v) is 6.14. The van der Waals surface area contributed by atoms with Crippen molar-refractivity contribution in [3.05, 3.63) is 29.8 Å². The maximum absolute atomic E-state index is 13.6. The molecule has 2 rings (SSSR count). The lowest BCUT2D eigenvalue weighted by atomic mass is 10.2. The summed E-state index contributed by atoms with van der Waals surface area (Å²) in [5.74, 6) is -0.728. The summed E-state index contributed by atoms with van der Waals surface area (Å²) in [6.07, 6.45) is 2.07. The maximum atomic E-state index is 13.6. The molecule has 2 nitrogen and oxygen atoms in total. The molecule has 0 aromatic heterocycles. The van der Waals surface area contributed by atoms with Crippen LogP contribution in [-0.2, 0) is 0 Å². The lowest BCUT2D eigenvalue weighted by Gasteiger charge is -2.19. The molecule has 0 amide bonds. The van der Waals surface area contributed by atoms with E-state index < -0.39 is 0 Å². The average molecular weight is 240 g/mol. The van der Waals surface area contributed by atoms with Crippen LogP contribution in [0, 0.1) is 11.6 Å². The number of anilines is 1. The quantitative estimate of drug-likeness (QED) is 0.870. The molecule has 0 radical (unpaired) electrons. The molecule has 1 aromatic rings. The van der Waals surface area contributed by atoms with Gasteiger partial charge in [-0.25, -0.2) is 8.78 Å². The summed E-state index contributed by atoms with van der Waals surface area (Å²) in [7, 11) is 0. The highest BCUT2D eigenvalue weighted by atomic mass is 19.1. The van der Waals surface area contributed by atoms with E-state index in [2.05, 4.69) is 12.2 Å². The third-order valence-electron chi connectivity index (χ3n) is 3.12. The van der Waals surface area contributed by atoms with Gasteiger partial charge in [-0.3, -0.25) is 0 Å². The molecule has 1 N–H and O–H groups in total. The van der Waals surface area contributed by atoms with Gasteiger partial charge in [0.1, 0.15) is 11.6 Å². The van der Waals surface area contributed by atoms with E-state index >= 15 is 0 Å². The van der Waals surface area contributed by atoms with Crippen LogP contribution >= 0.6 is 0 Å². The van der Waals surface area contributed by atoms with Gasteiger partial charge in [-0.2, -0.15) is 0 Å². The third kappa shape index (κ3) is 2.94. The Morgan fingerprint density at radius 3 is 3.00 bits per heavy atom. The van der Waals surface area contributed by atoms with Gasteiger partial charge < -0.3 is 10.2 Å². The molecular weight excluding hydrogens is 222 g/mol. The van der Waals surface area contributed by atoms with E-state index in [9.17, 15) is 8.78 Å². The molecule has 4 heteroatoms. The fourth-order valence-electron chi connectivity index (χ4n) is 2.22. The van der Waals surface area contributed by atoms with Crippen molar-refractivity contribution < 1.29 is 8.78 Å². The molecule has 1 aliphatic rings. The van der Waals surface area contributed by atoms with Crippen LogP contribution in [0.5, 0.6) is 0 Å². The molecule has 17 heavy (non-hydrogen) atoms. The van der Waals surface area contributed by atoms with E-state index in [4.69, 9.17) is 0 Å². The summed E-state index contributed by atoms with van der Waals surface area (Å²) in [6.45, 7) is 4.62. The first-order chi connectivity index (χ1) is 8.20. The molecule has 1 aliphatic heterocycles. The highest BCUT2D eigenvalue weighted by Crippen LogP contribution is 2.24. The van der Waals surface area contributed by atoms with E-state index in [0.717, 1.165) is 38.5 Å². The zero-order valence-corrected chi connectivity index (χ0v) is 10.0. The van der Waals surface area contributed by atoms with Gasteiger partial charge in [-0.05, 0) is 31.5 Å². The Balaban J connectivity index is 2.02. The van der Waals surface area contributed by atoms with Crippen LogP contribution in [-0.4, -0.2) is 25.7 Å². The Bertz CT molecular complexity index is 382. The monoisotopic (exact) mass is 240 g/mol. The van der Waals surface area contributed by atoms with E-state index in [-0.39, 0.29) is 11.6 Å². The lowest BCUT2D eigenvalue weighted by Crippen LogP contribution is -2.33. The molecule has 0 saturated carbocycles. The molecule has 1 unspecified atom stereocenters. The van der Waals surface area contributed by atoms with Crippen LogP contribution in [0.25, 0.3) is 0 Å². The zero-order chi connectivity index (χ0) is 12.3. The SMILES string of the molecule is CCCNC1CCN(c2cc(F)ccc2F)C1. The largest absolute Gasteiger partial charge is 0.367 e. The summed E-state index contributed by atoms with van der Waals surface area (Å²) in [5, 5.41) is 3.41. The van der Waals surface area contributed by atoms with Gasteiger partial charge in [-0.1, -0.05) is 6.92 Å². The van der Waals surface area contributed by atoms with Gasteiger partial charge in [-0.15, -0.1) is 0 Å². The maximum Gasteiger partial charge on any atom is 0.146 e. The number of nitrogens with zero attached hydrogens (tertiary/aromatic N) is 1. The van der Waals surface area contributed by atoms with E-state index in [1.165, 1.54) is 12.1 Å². The second kappa shape index (κ2) is 5.45. The molecular formula is C13H18F2N2. The van der Waals surface area contributed by atoms with Crippen LogP contribution in [0.15, 0.2) is 18.2 Å². The van der Waals surface area contributed by atoms with Crippen molar-refractivity contribution in [2.45, 2.75) is 25.8 Å². The van der Waals surface area contributed by atoms with Crippen LogP contribution in [0.3, 0.4) is 0 Å². The van der Waals surface area contributed by atoms with Crippen molar-refractivity contribution in [1.82, 2.24) is 5.32 Å². The number of hydrogen-bond acceptors (Lipinski definition) is 2. The topological polar surface area (TPSA) is 15.3 Å². The predicted octanol–water partition coefficient (Wildman–Crippen LogP) is 2.54. The van der Waals surface area contributed by atoms with E-state index in [1.807, 2.05) is 4.90 Å². The molecule has 1 heterocycles. The summed E-state index contributed by atoms with van der Waals surface area (Å²) >= 11 is 0. The smallest absolute Gasteiger partial charge is 0.146 e. The summed E-state index contributed by atoms with van der Waals surface area (Å²) in [5.41, 5.74) is 0.380. The molecule has 0 aliphatic carbocycles. The number of nitrogens with one attached hydrogen (secondary N) is 1. The van der Waals surface area contributed by atoms with Crippen LogP contribution in [0.2, 0.25) is 0 Å². The minimum absolute atomic E-state index is 0.345. The van der Waals surface area contributed by atoms with Crippen LogP contribution < -0.4 is 10.2 Å². The first-order valence-electron chi connectivity index (χ1n) is 6.14. The van der Waals surface area contributed by atoms with Gasteiger partial charge in [0.2, 0.25) is 0 Å². The van der Waals surface area contributed by atoms with Gasteiger partial charge in [0.25, 0.3) is 0 Å². The van der Waals surface area contributed by atoms with Gasteiger partial charge >= 0.3 is 0 Å². The fourth-order valence-corrected chi connectivity index (χ4v) is 2.22. The standard InChI is InChI=1S/C13H18F2N2/c1-2-6-16-11-5-7-17(9-11)13-8-10(14)3-4-12(13)15/h3-4,8,11,16H,2,5-7,9H2,1H3. The fraction of sp³-hybridized carbons (Fsp3) is 0.538. The number of hydrogen-bond donors (Lipinski definition) is 1. The van der Waals surface area contributed by atoms with Crippen LogP contribution in [0.4, 0.5) is 14.5 Å². The van der Waals surface area contributed by atoms with E-state index in [0.29, 0.717) is 11.7 Å². The first kappa shape index (κ1) is 12.3. The van der Waals surface area contributed by atoms with Gasteiger partial charge in [0.15, 0.2) is 0 Å². The molecule has 0 spiro atoms. The molecule has 94 valence electrons. The number of halogens is 2. The molecule has 1 atom stereocenters. The molecule has 1 saturated heterocycles. The molecule has 0 bridgehead atoms. The van der Waals surface area contributed by atoms with E-state index in [1.54, 1.807) is 0 Å². The van der Waals surface area contributed by atoms with Crippen molar-refractivity contribution in [3.8, 4) is 0 Å². The highest BCUT2D eigenvalue weighted by Gasteiger charge is 2.24. The predicted molar refractivity (Wildman–Crippen MR) is 65.3 cm³/mol. The van der Waals surface area contributed by atoms with Crippen molar-refractivity contribution in [2.75, 3.05) is 24.5 Å². The Morgan fingerprint density at radius 2 is 2.24 bits per heavy atom. The second-order valence-corrected chi connectivity index (χ2v) is 4.48. The van der Waals surface area contributed by atoms with Gasteiger partial charge in [0.05, 0.1) is 5.69 Å². The Morgan fingerprint density at radius 1 is 1.41 bits per heavy atom. The van der Waals surface area contributed by atoms with Crippen molar-refractivity contribution in [2.24, 2.45) is 0 Å². The van der Waals surface area contributed by atoms with Crippen molar-refractivity contribution in [1.29, 1.82) is 0 Å². The van der Waals surface area contributed by atoms with Crippen LogP contribution in [0.1, 0.15) is 19.8 Å². The summed E-state index contributed by atoms with van der Waals surface area (Å²) < 4.78 is 26.7.